The number of benzene rings is 1. The first-order valence-electron chi connectivity index (χ1n) is 6.25. The highest BCUT2D eigenvalue weighted by Gasteiger charge is 2.28. The lowest BCUT2D eigenvalue weighted by Crippen LogP contribution is -2.31. The highest BCUT2D eigenvalue weighted by Crippen LogP contribution is 2.22. The van der Waals surface area contributed by atoms with Crippen molar-refractivity contribution in [2.75, 3.05) is 12.3 Å². The number of carbonyl (C=O) groups excluding carboxylic acids is 2. The van der Waals surface area contributed by atoms with Gasteiger partial charge in [-0.3, -0.25) is 14.5 Å². The third kappa shape index (κ3) is 2.66. The van der Waals surface area contributed by atoms with Crippen LogP contribution in [0.1, 0.15) is 12.8 Å². The number of hydrogen-bond acceptors (Lipinski definition) is 4. The summed E-state index contributed by atoms with van der Waals surface area (Å²) >= 11 is 7.40. The Morgan fingerprint density at radius 2 is 2.05 bits per heavy atom. The fourth-order valence-electron chi connectivity index (χ4n) is 2.13. The van der Waals surface area contributed by atoms with Crippen molar-refractivity contribution in [2.45, 2.75) is 18.0 Å². The summed E-state index contributed by atoms with van der Waals surface area (Å²) in [6.07, 6.45) is 0.680. The molecule has 0 spiro atoms. The number of H-pyrrole nitrogens is 1. The van der Waals surface area contributed by atoms with Crippen LogP contribution in [-0.4, -0.2) is 39.0 Å². The molecule has 0 radical (unpaired) electrons. The normalized spacial score (nSPS) is 15.6. The summed E-state index contributed by atoms with van der Waals surface area (Å²) in [7, 11) is 0. The third-order valence-electron chi connectivity index (χ3n) is 3.13. The van der Waals surface area contributed by atoms with Gasteiger partial charge >= 0.3 is 0 Å². The monoisotopic (exact) mass is 309 g/mol. The number of nitrogens with one attached hydrogen (secondary N) is 1. The van der Waals surface area contributed by atoms with E-state index in [9.17, 15) is 9.59 Å². The highest BCUT2D eigenvalue weighted by atomic mass is 35.5. The summed E-state index contributed by atoms with van der Waals surface area (Å²) in [4.78, 5) is 31.8. The molecule has 2 aromatic rings. The number of amides is 2. The van der Waals surface area contributed by atoms with Crippen molar-refractivity contribution in [2.24, 2.45) is 0 Å². The molecule has 0 aliphatic carbocycles. The van der Waals surface area contributed by atoms with E-state index in [-0.39, 0.29) is 11.8 Å². The van der Waals surface area contributed by atoms with Crippen LogP contribution in [0.25, 0.3) is 11.0 Å². The Labute approximate surface area is 124 Å². The van der Waals surface area contributed by atoms with Crippen LogP contribution in [0.3, 0.4) is 0 Å². The van der Waals surface area contributed by atoms with Gasteiger partial charge in [-0.25, -0.2) is 4.98 Å². The van der Waals surface area contributed by atoms with E-state index in [2.05, 4.69) is 9.97 Å². The zero-order valence-corrected chi connectivity index (χ0v) is 12.1. The molecule has 1 aromatic heterocycles. The van der Waals surface area contributed by atoms with Crippen LogP contribution in [0.15, 0.2) is 23.4 Å². The van der Waals surface area contributed by atoms with Crippen LogP contribution < -0.4 is 0 Å². The van der Waals surface area contributed by atoms with Gasteiger partial charge in [-0.2, -0.15) is 0 Å². The van der Waals surface area contributed by atoms with Crippen molar-refractivity contribution in [1.82, 2.24) is 14.9 Å². The molecule has 2 amide bonds. The zero-order valence-electron chi connectivity index (χ0n) is 10.6. The van der Waals surface area contributed by atoms with E-state index in [0.29, 0.717) is 30.2 Å². The first-order valence-corrected chi connectivity index (χ1v) is 7.61. The molecule has 2 heterocycles. The molecule has 1 aliphatic rings. The first-order chi connectivity index (χ1) is 9.63. The number of rotatable bonds is 4. The van der Waals surface area contributed by atoms with Crippen molar-refractivity contribution in [1.29, 1.82) is 0 Å². The minimum absolute atomic E-state index is 0.0769. The lowest BCUT2D eigenvalue weighted by Gasteiger charge is -2.12. The standard InChI is InChI=1S/C13H12ClN3O2S/c14-8-1-2-9-10(7-8)16-13(15-9)20-6-5-17-11(18)3-4-12(17)19/h1-2,7H,3-6H2,(H,15,16). The van der Waals surface area contributed by atoms with Gasteiger partial charge in [-0.05, 0) is 18.2 Å². The van der Waals surface area contributed by atoms with Gasteiger partial charge in [0.25, 0.3) is 0 Å². The van der Waals surface area contributed by atoms with Gasteiger partial charge in [0.05, 0.1) is 11.0 Å². The molecule has 1 aromatic carbocycles. The molecule has 1 fully saturated rings. The van der Waals surface area contributed by atoms with E-state index in [4.69, 9.17) is 11.6 Å². The second-order valence-electron chi connectivity index (χ2n) is 4.49. The summed E-state index contributed by atoms with van der Waals surface area (Å²) < 4.78 is 0. The van der Waals surface area contributed by atoms with Crippen LogP contribution >= 0.6 is 23.4 Å². The maximum Gasteiger partial charge on any atom is 0.229 e. The van der Waals surface area contributed by atoms with E-state index in [1.807, 2.05) is 12.1 Å². The van der Waals surface area contributed by atoms with Gasteiger partial charge in [0.2, 0.25) is 11.8 Å². The molecule has 104 valence electrons. The summed E-state index contributed by atoms with van der Waals surface area (Å²) in [5, 5.41) is 1.42. The summed E-state index contributed by atoms with van der Waals surface area (Å²) in [5.41, 5.74) is 1.73. The lowest BCUT2D eigenvalue weighted by atomic mass is 10.3. The molecule has 0 bridgehead atoms. The van der Waals surface area contributed by atoms with Gasteiger partial charge in [0.1, 0.15) is 0 Å². The Hall–Kier alpha value is -1.53. The lowest BCUT2D eigenvalue weighted by molar-refractivity contribution is -0.137. The van der Waals surface area contributed by atoms with Gasteiger partial charge < -0.3 is 4.98 Å². The summed E-state index contributed by atoms with van der Waals surface area (Å²) in [5.74, 6) is 0.476. The number of nitrogens with zero attached hydrogens (tertiary/aromatic N) is 2. The predicted molar refractivity (Wildman–Crippen MR) is 77.8 cm³/mol. The van der Waals surface area contributed by atoms with Crippen molar-refractivity contribution in [3.05, 3.63) is 23.2 Å². The number of halogens is 1. The number of hydrogen-bond donors (Lipinski definition) is 1. The number of imidazole rings is 1. The molecule has 5 nitrogen and oxygen atoms in total. The van der Waals surface area contributed by atoms with Crippen LogP contribution in [-0.2, 0) is 9.59 Å². The summed E-state index contributed by atoms with van der Waals surface area (Å²) in [6, 6.07) is 5.47. The number of fused-ring (bicyclic) bond motifs is 1. The van der Waals surface area contributed by atoms with Gasteiger partial charge in [-0.15, -0.1) is 0 Å². The number of aromatic nitrogens is 2. The molecular formula is C13H12ClN3O2S. The third-order valence-corrected chi connectivity index (χ3v) is 4.22. The average Bonchev–Trinajstić information content (AvgIpc) is 2.95. The van der Waals surface area contributed by atoms with Crippen LogP contribution in [0.4, 0.5) is 0 Å². The van der Waals surface area contributed by atoms with E-state index in [0.717, 1.165) is 16.2 Å². The Morgan fingerprint density at radius 3 is 2.80 bits per heavy atom. The van der Waals surface area contributed by atoms with Crippen molar-refractivity contribution >= 4 is 46.2 Å². The zero-order chi connectivity index (χ0) is 14.1. The van der Waals surface area contributed by atoms with Crippen LogP contribution in [0, 0.1) is 0 Å². The molecule has 1 saturated heterocycles. The maximum atomic E-state index is 11.5. The fraction of sp³-hybridized carbons (Fsp3) is 0.308. The van der Waals surface area contributed by atoms with Gasteiger partial charge in [-0.1, -0.05) is 23.4 Å². The van der Waals surface area contributed by atoms with Crippen molar-refractivity contribution in [3.63, 3.8) is 0 Å². The topological polar surface area (TPSA) is 66.1 Å². The van der Waals surface area contributed by atoms with Crippen LogP contribution in [0.2, 0.25) is 5.02 Å². The number of imide groups is 1. The molecule has 1 N–H and O–H groups in total. The Bertz CT molecular complexity index is 669. The molecular weight excluding hydrogens is 298 g/mol. The number of carbonyl (C=O) groups is 2. The van der Waals surface area contributed by atoms with E-state index in [1.165, 1.54) is 16.7 Å². The SMILES string of the molecule is O=C1CCC(=O)N1CCSc1nc2ccc(Cl)cc2[nH]1. The maximum absolute atomic E-state index is 11.5. The predicted octanol–water partition coefficient (Wildman–Crippen LogP) is 2.46. The van der Waals surface area contributed by atoms with E-state index < -0.39 is 0 Å². The molecule has 1 aliphatic heterocycles. The molecule has 0 saturated carbocycles. The van der Waals surface area contributed by atoms with E-state index >= 15 is 0 Å². The largest absolute Gasteiger partial charge is 0.333 e. The Kier molecular flexibility index (Phi) is 3.67. The molecule has 7 heteroatoms. The average molecular weight is 310 g/mol. The highest BCUT2D eigenvalue weighted by molar-refractivity contribution is 7.99. The summed E-state index contributed by atoms with van der Waals surface area (Å²) in [6.45, 7) is 0.431. The molecule has 0 atom stereocenters. The number of thioether (sulfide) groups is 1. The minimum atomic E-state index is -0.0769. The minimum Gasteiger partial charge on any atom is -0.333 e. The molecule has 3 rings (SSSR count). The second kappa shape index (κ2) is 5.46. The quantitative estimate of drug-likeness (QED) is 0.696. The van der Waals surface area contributed by atoms with Gasteiger partial charge in [0, 0.05) is 30.2 Å². The smallest absolute Gasteiger partial charge is 0.229 e. The van der Waals surface area contributed by atoms with Crippen LogP contribution in [0.5, 0.6) is 0 Å². The second-order valence-corrected chi connectivity index (χ2v) is 6.01. The van der Waals surface area contributed by atoms with Gasteiger partial charge in [0.15, 0.2) is 5.16 Å². The molecule has 20 heavy (non-hydrogen) atoms. The Morgan fingerprint density at radius 1 is 1.30 bits per heavy atom. The fourth-order valence-corrected chi connectivity index (χ4v) is 3.12. The number of aromatic amines is 1. The molecule has 0 unspecified atom stereocenters. The van der Waals surface area contributed by atoms with Crippen molar-refractivity contribution < 1.29 is 9.59 Å². The Balaban J connectivity index is 1.62. The van der Waals surface area contributed by atoms with E-state index in [1.54, 1.807) is 6.07 Å². The first kappa shape index (κ1) is 13.5. The van der Waals surface area contributed by atoms with Crippen molar-refractivity contribution in [3.8, 4) is 0 Å². The number of likely N-dealkylation sites (tertiary alicyclic amines) is 1.